The first-order valence-electron chi connectivity index (χ1n) is 6.77. The summed E-state index contributed by atoms with van der Waals surface area (Å²) >= 11 is 1.30. The highest BCUT2D eigenvalue weighted by atomic mass is 32.2. The van der Waals surface area contributed by atoms with Gasteiger partial charge in [-0.3, -0.25) is 0 Å². The van der Waals surface area contributed by atoms with Crippen LogP contribution in [0.25, 0.3) is 0 Å². The minimum Gasteiger partial charge on any atom is -0.316 e. The van der Waals surface area contributed by atoms with Gasteiger partial charge in [-0.1, -0.05) is 0 Å². The molecule has 1 aromatic rings. The van der Waals surface area contributed by atoms with Gasteiger partial charge in [0.1, 0.15) is 4.21 Å². The molecule has 0 aromatic carbocycles. The van der Waals surface area contributed by atoms with E-state index in [1.54, 1.807) is 6.07 Å². The Labute approximate surface area is 118 Å². The SMILES string of the molecule is CNCc1csc(S(=O)(=O)NCC2(C3CC3)CC2)c1. The fourth-order valence-corrected chi connectivity index (χ4v) is 5.08. The summed E-state index contributed by atoms with van der Waals surface area (Å²) < 4.78 is 27.7. The van der Waals surface area contributed by atoms with Crippen LogP contribution in [-0.2, 0) is 16.6 Å². The third kappa shape index (κ3) is 2.86. The van der Waals surface area contributed by atoms with Crippen molar-refractivity contribution < 1.29 is 8.42 Å². The third-order valence-corrected chi connectivity index (χ3v) is 7.11. The van der Waals surface area contributed by atoms with Crippen molar-refractivity contribution in [1.29, 1.82) is 0 Å². The lowest BCUT2D eigenvalue weighted by Crippen LogP contribution is -2.30. The van der Waals surface area contributed by atoms with E-state index in [4.69, 9.17) is 0 Å². The van der Waals surface area contributed by atoms with Crippen LogP contribution in [0.1, 0.15) is 31.2 Å². The first-order valence-corrected chi connectivity index (χ1v) is 9.14. The van der Waals surface area contributed by atoms with Crippen LogP contribution >= 0.6 is 11.3 Å². The van der Waals surface area contributed by atoms with E-state index < -0.39 is 10.0 Å². The average Bonchev–Trinajstić information content (AvgIpc) is 3.26. The molecule has 4 nitrogen and oxygen atoms in total. The van der Waals surface area contributed by atoms with Gasteiger partial charge in [-0.25, -0.2) is 13.1 Å². The molecule has 3 rings (SSSR count). The molecule has 0 spiro atoms. The van der Waals surface area contributed by atoms with Gasteiger partial charge in [0.2, 0.25) is 10.0 Å². The summed E-state index contributed by atoms with van der Waals surface area (Å²) in [7, 11) is -1.46. The molecule has 0 saturated heterocycles. The normalized spacial score (nSPS) is 21.5. The van der Waals surface area contributed by atoms with Crippen molar-refractivity contribution in [3.05, 3.63) is 17.0 Å². The standard InChI is InChI=1S/C13H20N2O2S2/c1-14-7-10-6-12(18-8-10)19(16,17)15-9-13(4-5-13)11-2-3-11/h6,8,11,14-15H,2-5,7,9H2,1H3. The van der Waals surface area contributed by atoms with Crippen LogP contribution in [0.3, 0.4) is 0 Å². The van der Waals surface area contributed by atoms with E-state index in [-0.39, 0.29) is 0 Å². The largest absolute Gasteiger partial charge is 0.316 e. The summed E-state index contributed by atoms with van der Waals surface area (Å²) in [4.78, 5) is 0. The maximum atomic E-state index is 12.2. The van der Waals surface area contributed by atoms with Crippen molar-refractivity contribution in [3.8, 4) is 0 Å². The lowest BCUT2D eigenvalue weighted by atomic mass is 10.0. The molecule has 2 N–H and O–H groups in total. The molecule has 1 aromatic heterocycles. The lowest BCUT2D eigenvalue weighted by Gasteiger charge is -2.14. The van der Waals surface area contributed by atoms with E-state index in [0.29, 0.717) is 22.7 Å². The maximum absolute atomic E-state index is 12.2. The van der Waals surface area contributed by atoms with E-state index in [9.17, 15) is 8.42 Å². The number of sulfonamides is 1. The van der Waals surface area contributed by atoms with Gasteiger partial charge in [0.05, 0.1) is 0 Å². The molecule has 0 unspecified atom stereocenters. The first kappa shape index (κ1) is 13.5. The molecule has 19 heavy (non-hydrogen) atoms. The van der Waals surface area contributed by atoms with Crippen LogP contribution in [0.5, 0.6) is 0 Å². The van der Waals surface area contributed by atoms with Gasteiger partial charge >= 0.3 is 0 Å². The molecule has 6 heteroatoms. The quantitative estimate of drug-likeness (QED) is 0.809. The van der Waals surface area contributed by atoms with Gasteiger partial charge in [0.15, 0.2) is 0 Å². The summed E-state index contributed by atoms with van der Waals surface area (Å²) in [6.45, 7) is 1.33. The molecule has 106 valence electrons. The Hall–Kier alpha value is -0.430. The number of rotatable bonds is 7. The van der Waals surface area contributed by atoms with Crippen molar-refractivity contribution in [2.24, 2.45) is 11.3 Å². The Morgan fingerprint density at radius 2 is 2.16 bits per heavy atom. The summed E-state index contributed by atoms with van der Waals surface area (Å²) in [5.74, 6) is 0.776. The lowest BCUT2D eigenvalue weighted by molar-refractivity contribution is 0.432. The van der Waals surface area contributed by atoms with Crippen molar-refractivity contribution in [1.82, 2.24) is 10.0 Å². The van der Waals surface area contributed by atoms with Gasteiger partial charge in [-0.15, -0.1) is 11.3 Å². The predicted molar refractivity (Wildman–Crippen MR) is 76.7 cm³/mol. The second-order valence-corrected chi connectivity index (χ2v) is 8.67. The molecule has 2 aliphatic carbocycles. The number of hydrogen-bond donors (Lipinski definition) is 2. The molecular weight excluding hydrogens is 280 g/mol. The summed E-state index contributed by atoms with van der Waals surface area (Å²) in [6, 6.07) is 1.76. The Balaban J connectivity index is 1.64. The number of hydrogen-bond acceptors (Lipinski definition) is 4. The van der Waals surface area contributed by atoms with Crippen LogP contribution in [0.15, 0.2) is 15.7 Å². The molecule has 1 heterocycles. The Kier molecular flexibility index (Phi) is 3.45. The van der Waals surface area contributed by atoms with Gasteiger partial charge < -0.3 is 5.32 Å². The zero-order chi connectivity index (χ0) is 13.5. The molecule has 0 amide bonds. The van der Waals surface area contributed by atoms with Gasteiger partial charge in [0, 0.05) is 13.1 Å². The van der Waals surface area contributed by atoms with Crippen LogP contribution in [0, 0.1) is 11.3 Å². The highest BCUT2D eigenvalue weighted by Crippen LogP contribution is 2.60. The molecule has 0 radical (unpaired) electrons. The van der Waals surface area contributed by atoms with E-state index >= 15 is 0 Å². The number of nitrogens with one attached hydrogen (secondary N) is 2. The van der Waals surface area contributed by atoms with Crippen molar-refractivity contribution in [2.45, 2.75) is 36.4 Å². The van der Waals surface area contributed by atoms with Gasteiger partial charge in [0.25, 0.3) is 0 Å². The van der Waals surface area contributed by atoms with E-state index in [2.05, 4.69) is 10.0 Å². The topological polar surface area (TPSA) is 58.2 Å². The van der Waals surface area contributed by atoms with Crippen molar-refractivity contribution >= 4 is 21.4 Å². The third-order valence-electron chi connectivity index (χ3n) is 4.23. The minimum atomic E-state index is -3.32. The molecule has 2 saturated carbocycles. The molecule has 2 aliphatic rings. The van der Waals surface area contributed by atoms with Gasteiger partial charge in [-0.2, -0.15) is 0 Å². The fourth-order valence-electron chi connectivity index (χ4n) is 2.69. The Morgan fingerprint density at radius 3 is 2.74 bits per heavy atom. The monoisotopic (exact) mass is 300 g/mol. The summed E-state index contributed by atoms with van der Waals surface area (Å²) in [6.07, 6.45) is 4.95. The predicted octanol–water partition coefficient (Wildman–Crippen LogP) is 1.94. The van der Waals surface area contributed by atoms with Crippen LogP contribution in [-0.4, -0.2) is 22.0 Å². The van der Waals surface area contributed by atoms with E-state index in [1.807, 2.05) is 12.4 Å². The van der Waals surface area contributed by atoms with Crippen LogP contribution in [0.4, 0.5) is 0 Å². The molecule has 0 atom stereocenters. The Morgan fingerprint density at radius 1 is 1.42 bits per heavy atom. The highest BCUT2D eigenvalue weighted by Gasteiger charge is 2.53. The zero-order valence-electron chi connectivity index (χ0n) is 11.1. The van der Waals surface area contributed by atoms with E-state index in [1.165, 1.54) is 37.0 Å². The molecule has 0 bridgehead atoms. The smallest absolute Gasteiger partial charge is 0.250 e. The fraction of sp³-hybridized carbons (Fsp3) is 0.692. The zero-order valence-corrected chi connectivity index (χ0v) is 12.7. The van der Waals surface area contributed by atoms with E-state index in [0.717, 1.165) is 11.5 Å². The molecule has 0 aliphatic heterocycles. The molecule has 2 fully saturated rings. The second kappa shape index (κ2) is 4.84. The first-order chi connectivity index (χ1) is 9.06. The molecular formula is C13H20N2O2S2. The average molecular weight is 300 g/mol. The maximum Gasteiger partial charge on any atom is 0.250 e. The minimum absolute atomic E-state index is 0.304. The Bertz CT molecular complexity index is 557. The van der Waals surface area contributed by atoms with Crippen molar-refractivity contribution in [3.63, 3.8) is 0 Å². The number of thiophene rings is 1. The highest BCUT2D eigenvalue weighted by molar-refractivity contribution is 7.91. The second-order valence-electron chi connectivity index (χ2n) is 5.77. The van der Waals surface area contributed by atoms with Crippen molar-refractivity contribution in [2.75, 3.05) is 13.6 Å². The van der Waals surface area contributed by atoms with Gasteiger partial charge in [-0.05, 0) is 61.1 Å². The van der Waals surface area contributed by atoms with Crippen LogP contribution in [0.2, 0.25) is 0 Å². The summed E-state index contributed by atoms with van der Waals surface area (Å²) in [5, 5.41) is 4.93. The summed E-state index contributed by atoms with van der Waals surface area (Å²) in [5.41, 5.74) is 1.33. The van der Waals surface area contributed by atoms with Crippen LogP contribution < -0.4 is 10.0 Å².